The summed E-state index contributed by atoms with van der Waals surface area (Å²) in [5.74, 6) is 0.837. The zero-order valence-corrected chi connectivity index (χ0v) is 12.9. The molecule has 1 heterocycles. The van der Waals surface area contributed by atoms with Gasteiger partial charge in [0.05, 0.1) is 5.54 Å². The lowest BCUT2D eigenvalue weighted by atomic mass is 9.99. The third-order valence-electron chi connectivity index (χ3n) is 4.76. The number of hydrogen-bond donors (Lipinski definition) is 1. The smallest absolute Gasteiger partial charge is 0.244 e. The van der Waals surface area contributed by atoms with Crippen molar-refractivity contribution in [3.63, 3.8) is 0 Å². The van der Waals surface area contributed by atoms with E-state index in [0.29, 0.717) is 12.0 Å². The summed E-state index contributed by atoms with van der Waals surface area (Å²) in [6.07, 6.45) is 1.88. The molecule has 4 heteroatoms. The van der Waals surface area contributed by atoms with E-state index in [1.54, 1.807) is 0 Å². The van der Waals surface area contributed by atoms with Crippen LogP contribution in [0.1, 0.15) is 45.3 Å². The second-order valence-corrected chi connectivity index (χ2v) is 6.71. The SMILES string of the molecule is CCC1(C)NC(c2ccc(Cl)cc2)N(C2CC2C)C1=O. The van der Waals surface area contributed by atoms with E-state index >= 15 is 0 Å². The quantitative estimate of drug-likeness (QED) is 0.926. The lowest BCUT2D eigenvalue weighted by Gasteiger charge is -2.25. The molecule has 1 amide bonds. The van der Waals surface area contributed by atoms with Gasteiger partial charge in [-0.15, -0.1) is 0 Å². The number of amides is 1. The number of carbonyl (C=O) groups is 1. The van der Waals surface area contributed by atoms with Gasteiger partial charge in [0.15, 0.2) is 0 Å². The van der Waals surface area contributed by atoms with Crippen LogP contribution in [0.25, 0.3) is 0 Å². The van der Waals surface area contributed by atoms with Gasteiger partial charge in [-0.3, -0.25) is 10.1 Å². The Morgan fingerprint density at radius 2 is 2.00 bits per heavy atom. The summed E-state index contributed by atoms with van der Waals surface area (Å²) < 4.78 is 0. The molecule has 20 heavy (non-hydrogen) atoms. The molecule has 0 spiro atoms. The van der Waals surface area contributed by atoms with Gasteiger partial charge >= 0.3 is 0 Å². The molecule has 4 unspecified atom stereocenters. The number of rotatable bonds is 3. The molecule has 0 radical (unpaired) electrons. The zero-order valence-electron chi connectivity index (χ0n) is 12.2. The van der Waals surface area contributed by atoms with E-state index in [-0.39, 0.29) is 12.1 Å². The molecule has 3 nitrogen and oxygen atoms in total. The van der Waals surface area contributed by atoms with Crippen LogP contribution in [0.2, 0.25) is 5.02 Å². The van der Waals surface area contributed by atoms with E-state index in [1.807, 2.05) is 31.2 Å². The Balaban J connectivity index is 1.95. The minimum absolute atomic E-state index is 0.0281. The van der Waals surface area contributed by atoms with Crippen LogP contribution in [-0.2, 0) is 4.79 Å². The highest BCUT2D eigenvalue weighted by Crippen LogP contribution is 2.44. The molecule has 108 valence electrons. The minimum Gasteiger partial charge on any atom is -0.318 e. The van der Waals surface area contributed by atoms with Crippen LogP contribution in [-0.4, -0.2) is 22.4 Å². The van der Waals surface area contributed by atoms with Crippen LogP contribution >= 0.6 is 11.6 Å². The highest BCUT2D eigenvalue weighted by Gasteiger charge is 2.54. The van der Waals surface area contributed by atoms with Gasteiger partial charge in [-0.25, -0.2) is 0 Å². The van der Waals surface area contributed by atoms with Gasteiger partial charge in [0.2, 0.25) is 5.91 Å². The number of carbonyl (C=O) groups excluding carboxylic acids is 1. The Bertz CT molecular complexity index is 530. The third-order valence-corrected chi connectivity index (χ3v) is 5.01. The first-order valence-electron chi connectivity index (χ1n) is 7.32. The van der Waals surface area contributed by atoms with Crippen molar-refractivity contribution in [1.29, 1.82) is 0 Å². The molecule has 0 aromatic heterocycles. The van der Waals surface area contributed by atoms with Crippen molar-refractivity contribution in [2.24, 2.45) is 5.92 Å². The lowest BCUT2D eigenvalue weighted by Crippen LogP contribution is -2.43. The topological polar surface area (TPSA) is 32.3 Å². The summed E-state index contributed by atoms with van der Waals surface area (Å²) in [6, 6.07) is 8.17. The largest absolute Gasteiger partial charge is 0.318 e. The van der Waals surface area contributed by atoms with Crippen molar-refractivity contribution in [3.8, 4) is 0 Å². The van der Waals surface area contributed by atoms with Crippen molar-refractivity contribution in [3.05, 3.63) is 34.9 Å². The molecule has 1 saturated heterocycles. The van der Waals surface area contributed by atoms with E-state index < -0.39 is 5.54 Å². The van der Waals surface area contributed by atoms with E-state index in [9.17, 15) is 4.79 Å². The summed E-state index contributed by atoms with van der Waals surface area (Å²) >= 11 is 5.96. The van der Waals surface area contributed by atoms with Gasteiger partial charge < -0.3 is 4.90 Å². The normalized spacial score (nSPS) is 36.5. The second-order valence-electron chi connectivity index (χ2n) is 6.28. The van der Waals surface area contributed by atoms with Gasteiger partial charge in [-0.05, 0) is 43.4 Å². The molecule has 1 aliphatic heterocycles. The van der Waals surface area contributed by atoms with E-state index in [0.717, 1.165) is 23.4 Å². The van der Waals surface area contributed by atoms with Crippen LogP contribution in [0, 0.1) is 5.92 Å². The molecular formula is C16H21ClN2O. The minimum atomic E-state index is -0.452. The van der Waals surface area contributed by atoms with Crippen LogP contribution in [0.15, 0.2) is 24.3 Å². The maximum absolute atomic E-state index is 12.8. The van der Waals surface area contributed by atoms with Gasteiger partial charge in [-0.1, -0.05) is 37.6 Å². The first kappa shape index (κ1) is 13.9. The predicted octanol–water partition coefficient (Wildman–Crippen LogP) is 3.35. The van der Waals surface area contributed by atoms with Crippen LogP contribution < -0.4 is 5.32 Å². The highest BCUT2D eigenvalue weighted by molar-refractivity contribution is 6.30. The first-order chi connectivity index (χ1) is 9.46. The molecule has 1 aliphatic carbocycles. The van der Waals surface area contributed by atoms with E-state index in [4.69, 9.17) is 11.6 Å². The summed E-state index contributed by atoms with van der Waals surface area (Å²) in [5, 5.41) is 4.25. The number of nitrogens with one attached hydrogen (secondary N) is 1. The first-order valence-corrected chi connectivity index (χ1v) is 7.70. The van der Waals surface area contributed by atoms with Crippen molar-refractivity contribution >= 4 is 17.5 Å². The molecule has 4 atom stereocenters. The molecule has 1 aromatic carbocycles. The molecule has 3 rings (SSSR count). The fourth-order valence-corrected chi connectivity index (χ4v) is 3.14. The van der Waals surface area contributed by atoms with Crippen molar-refractivity contribution in [1.82, 2.24) is 10.2 Å². The Kier molecular flexibility index (Phi) is 3.30. The number of hydrogen-bond acceptors (Lipinski definition) is 2. The lowest BCUT2D eigenvalue weighted by molar-refractivity contribution is -0.133. The molecule has 1 aromatic rings. The number of nitrogens with zero attached hydrogens (tertiary/aromatic N) is 1. The molecule has 1 saturated carbocycles. The van der Waals surface area contributed by atoms with Crippen molar-refractivity contribution in [2.75, 3.05) is 0 Å². The molecule has 0 bridgehead atoms. The predicted molar refractivity (Wildman–Crippen MR) is 80.4 cm³/mol. The molecular weight excluding hydrogens is 272 g/mol. The average molecular weight is 293 g/mol. The number of benzene rings is 1. The zero-order chi connectivity index (χ0) is 14.5. The van der Waals surface area contributed by atoms with Gasteiger partial charge in [-0.2, -0.15) is 0 Å². The maximum Gasteiger partial charge on any atom is 0.244 e. The van der Waals surface area contributed by atoms with Crippen LogP contribution in [0.3, 0.4) is 0 Å². The monoisotopic (exact) mass is 292 g/mol. The summed E-state index contributed by atoms with van der Waals surface area (Å²) in [6.45, 7) is 6.27. The molecule has 1 N–H and O–H groups in total. The van der Waals surface area contributed by atoms with Gasteiger partial charge in [0.1, 0.15) is 6.17 Å². The Morgan fingerprint density at radius 1 is 1.40 bits per heavy atom. The third kappa shape index (κ3) is 2.13. The second kappa shape index (κ2) is 4.74. The van der Waals surface area contributed by atoms with Crippen LogP contribution in [0.4, 0.5) is 0 Å². The Labute approximate surface area is 125 Å². The summed E-state index contributed by atoms with van der Waals surface area (Å²) in [5.41, 5.74) is 0.658. The van der Waals surface area contributed by atoms with Crippen molar-refractivity contribution < 1.29 is 4.79 Å². The Hall–Kier alpha value is -1.06. The average Bonchev–Trinajstić information content (AvgIpc) is 3.08. The van der Waals surface area contributed by atoms with Crippen molar-refractivity contribution in [2.45, 2.75) is 51.4 Å². The fourth-order valence-electron chi connectivity index (χ4n) is 3.01. The highest BCUT2D eigenvalue weighted by atomic mass is 35.5. The maximum atomic E-state index is 12.8. The Morgan fingerprint density at radius 3 is 2.50 bits per heavy atom. The summed E-state index contributed by atoms with van der Waals surface area (Å²) in [4.78, 5) is 14.8. The van der Waals surface area contributed by atoms with E-state index in [2.05, 4.69) is 24.1 Å². The van der Waals surface area contributed by atoms with Gasteiger partial charge in [0.25, 0.3) is 0 Å². The van der Waals surface area contributed by atoms with E-state index in [1.165, 1.54) is 0 Å². The number of halogens is 1. The fraction of sp³-hybridized carbons (Fsp3) is 0.562. The van der Waals surface area contributed by atoms with Gasteiger partial charge in [0, 0.05) is 11.1 Å². The van der Waals surface area contributed by atoms with Crippen LogP contribution in [0.5, 0.6) is 0 Å². The standard InChI is InChI=1S/C16H21ClN2O/c1-4-16(3)15(20)19(13-9-10(13)2)14(18-16)11-5-7-12(17)8-6-11/h5-8,10,13-14,18H,4,9H2,1-3H3. The molecule has 2 fully saturated rings. The molecule has 2 aliphatic rings. The summed E-state index contributed by atoms with van der Waals surface area (Å²) in [7, 11) is 0.